The van der Waals surface area contributed by atoms with Crippen molar-refractivity contribution < 1.29 is 13.2 Å². The van der Waals surface area contributed by atoms with E-state index in [0.29, 0.717) is 40.2 Å². The van der Waals surface area contributed by atoms with E-state index in [4.69, 9.17) is 23.2 Å². The maximum Gasteiger partial charge on any atom is 0.243 e. The van der Waals surface area contributed by atoms with Gasteiger partial charge in [-0.05, 0) is 43.2 Å². The van der Waals surface area contributed by atoms with Gasteiger partial charge in [-0.3, -0.25) is 9.10 Å². The van der Waals surface area contributed by atoms with Gasteiger partial charge < -0.3 is 5.32 Å². The lowest BCUT2D eigenvalue weighted by Gasteiger charge is -2.30. The Balaban J connectivity index is 1.96. The lowest BCUT2D eigenvalue weighted by Crippen LogP contribution is -2.49. The zero-order valence-electron chi connectivity index (χ0n) is 17.2. The maximum atomic E-state index is 12.8. The molecule has 0 bridgehead atoms. The predicted molar refractivity (Wildman–Crippen MR) is 128 cm³/mol. The molecule has 2 rings (SSSR count). The number of halogens is 2. The summed E-state index contributed by atoms with van der Waals surface area (Å²) in [5.74, 6) is 1.06. The molecule has 0 saturated heterocycles. The van der Waals surface area contributed by atoms with Crippen molar-refractivity contribution in [3.8, 4) is 0 Å². The van der Waals surface area contributed by atoms with Crippen LogP contribution in [0.5, 0.6) is 0 Å². The fraction of sp³-hybridized carbons (Fsp3) is 0.381. The number of hydrogen-bond acceptors (Lipinski definition) is 4. The molecule has 2 aromatic rings. The standard InChI is InChI=1S/C21H26Cl2N2O3S2/c1-4-20(25(30(3,27)28)18-9-5-15(2)6-10-18)21(26)24-11-12-29-14-16-7-8-17(22)13-19(16)23/h5-10,13,20H,4,11-12,14H2,1-3H3,(H,24,26)/t20-/m1/s1. The Hall–Kier alpha value is -1.41. The molecule has 2 aromatic carbocycles. The van der Waals surface area contributed by atoms with Crippen molar-refractivity contribution in [2.75, 3.05) is 22.9 Å². The molecular weight excluding hydrogens is 463 g/mol. The van der Waals surface area contributed by atoms with Crippen molar-refractivity contribution in [1.82, 2.24) is 5.32 Å². The van der Waals surface area contributed by atoms with E-state index in [1.165, 1.54) is 4.31 Å². The molecule has 0 aliphatic carbocycles. The zero-order valence-corrected chi connectivity index (χ0v) is 20.3. The van der Waals surface area contributed by atoms with Crippen LogP contribution in [-0.2, 0) is 20.6 Å². The molecule has 0 unspecified atom stereocenters. The minimum Gasteiger partial charge on any atom is -0.353 e. The Morgan fingerprint density at radius 3 is 2.40 bits per heavy atom. The van der Waals surface area contributed by atoms with E-state index >= 15 is 0 Å². The Morgan fingerprint density at radius 2 is 1.83 bits per heavy atom. The number of thioether (sulfide) groups is 1. The van der Waals surface area contributed by atoms with Gasteiger partial charge in [0.2, 0.25) is 15.9 Å². The minimum absolute atomic E-state index is 0.311. The first-order valence-corrected chi connectivity index (χ1v) is 13.2. The second-order valence-corrected chi connectivity index (χ2v) is 10.7. The number of carbonyl (C=O) groups excluding carboxylic acids is 1. The molecule has 30 heavy (non-hydrogen) atoms. The third-order valence-electron chi connectivity index (χ3n) is 4.44. The number of anilines is 1. The van der Waals surface area contributed by atoms with Crippen molar-refractivity contribution in [2.45, 2.75) is 32.1 Å². The lowest BCUT2D eigenvalue weighted by atomic mass is 10.1. The largest absolute Gasteiger partial charge is 0.353 e. The quantitative estimate of drug-likeness (QED) is 0.483. The van der Waals surface area contributed by atoms with Crippen LogP contribution >= 0.6 is 35.0 Å². The third-order valence-corrected chi connectivity index (χ3v) is 7.21. The van der Waals surface area contributed by atoms with Crippen LogP contribution in [0.15, 0.2) is 42.5 Å². The Morgan fingerprint density at radius 1 is 1.17 bits per heavy atom. The van der Waals surface area contributed by atoms with Crippen molar-refractivity contribution in [2.24, 2.45) is 0 Å². The van der Waals surface area contributed by atoms with Gasteiger partial charge in [0, 0.05) is 28.1 Å². The summed E-state index contributed by atoms with van der Waals surface area (Å²) >= 11 is 13.7. The van der Waals surface area contributed by atoms with E-state index in [9.17, 15) is 13.2 Å². The van der Waals surface area contributed by atoms with Crippen LogP contribution in [0.4, 0.5) is 5.69 Å². The monoisotopic (exact) mass is 488 g/mol. The molecule has 0 aliphatic heterocycles. The molecule has 1 amide bonds. The molecular formula is C21H26Cl2N2O3S2. The van der Waals surface area contributed by atoms with E-state index in [1.54, 1.807) is 43.0 Å². The average molecular weight is 489 g/mol. The molecule has 0 spiro atoms. The van der Waals surface area contributed by atoms with Gasteiger partial charge in [0.15, 0.2) is 0 Å². The second-order valence-electron chi connectivity index (χ2n) is 6.90. The Labute approximate surface area is 193 Å². The number of aryl methyl sites for hydroxylation is 1. The predicted octanol–water partition coefficient (Wildman–Crippen LogP) is 4.90. The third kappa shape index (κ3) is 7.08. The van der Waals surface area contributed by atoms with E-state index in [1.807, 2.05) is 25.1 Å². The molecule has 0 aliphatic rings. The van der Waals surface area contributed by atoms with Crippen LogP contribution in [0, 0.1) is 6.92 Å². The Bertz CT molecular complexity index is 967. The van der Waals surface area contributed by atoms with Crippen LogP contribution in [-0.4, -0.2) is 38.9 Å². The summed E-state index contributed by atoms with van der Waals surface area (Å²) in [6.07, 6.45) is 1.48. The van der Waals surface area contributed by atoms with Crippen molar-refractivity contribution in [3.63, 3.8) is 0 Å². The summed E-state index contributed by atoms with van der Waals surface area (Å²) in [6, 6.07) is 11.7. The number of nitrogens with one attached hydrogen (secondary N) is 1. The fourth-order valence-corrected chi connectivity index (χ4v) is 5.57. The highest BCUT2D eigenvalue weighted by atomic mass is 35.5. The summed E-state index contributed by atoms with van der Waals surface area (Å²) in [5.41, 5.74) is 2.48. The summed E-state index contributed by atoms with van der Waals surface area (Å²) in [6.45, 7) is 4.15. The van der Waals surface area contributed by atoms with E-state index in [0.717, 1.165) is 17.4 Å². The van der Waals surface area contributed by atoms with Crippen LogP contribution in [0.2, 0.25) is 10.0 Å². The molecule has 0 aromatic heterocycles. The lowest BCUT2D eigenvalue weighted by molar-refractivity contribution is -0.122. The van der Waals surface area contributed by atoms with E-state index in [2.05, 4.69) is 5.32 Å². The molecule has 1 N–H and O–H groups in total. The highest BCUT2D eigenvalue weighted by molar-refractivity contribution is 7.98. The first kappa shape index (κ1) is 24.9. The topological polar surface area (TPSA) is 66.5 Å². The van der Waals surface area contributed by atoms with Crippen LogP contribution < -0.4 is 9.62 Å². The molecule has 1 atom stereocenters. The van der Waals surface area contributed by atoms with Gasteiger partial charge >= 0.3 is 0 Å². The smallest absolute Gasteiger partial charge is 0.243 e. The first-order valence-electron chi connectivity index (χ1n) is 9.49. The van der Waals surface area contributed by atoms with Crippen molar-refractivity contribution >= 4 is 56.6 Å². The number of carbonyl (C=O) groups is 1. The molecule has 5 nitrogen and oxygen atoms in total. The van der Waals surface area contributed by atoms with Crippen LogP contribution in [0.1, 0.15) is 24.5 Å². The van der Waals surface area contributed by atoms with Gasteiger partial charge in [0.05, 0.1) is 11.9 Å². The minimum atomic E-state index is -3.62. The van der Waals surface area contributed by atoms with E-state index < -0.39 is 16.1 Å². The van der Waals surface area contributed by atoms with Gasteiger partial charge in [-0.15, -0.1) is 0 Å². The zero-order chi connectivity index (χ0) is 22.3. The summed E-state index contributed by atoms with van der Waals surface area (Å²) in [7, 11) is -3.62. The molecule has 0 fully saturated rings. The van der Waals surface area contributed by atoms with Gasteiger partial charge in [-0.2, -0.15) is 11.8 Å². The first-order chi connectivity index (χ1) is 14.1. The molecule has 0 saturated carbocycles. The summed E-state index contributed by atoms with van der Waals surface area (Å²) in [4.78, 5) is 12.8. The molecule has 0 heterocycles. The average Bonchev–Trinajstić information content (AvgIpc) is 2.67. The SMILES string of the molecule is CC[C@H](C(=O)NCCSCc1ccc(Cl)cc1Cl)N(c1ccc(C)cc1)S(C)(=O)=O. The van der Waals surface area contributed by atoms with Gasteiger partial charge in [0.1, 0.15) is 6.04 Å². The van der Waals surface area contributed by atoms with Crippen LogP contribution in [0.25, 0.3) is 0 Å². The fourth-order valence-electron chi connectivity index (χ4n) is 2.94. The highest BCUT2D eigenvalue weighted by Crippen LogP contribution is 2.25. The van der Waals surface area contributed by atoms with Crippen LogP contribution in [0.3, 0.4) is 0 Å². The maximum absolute atomic E-state index is 12.8. The molecule has 9 heteroatoms. The number of sulfonamides is 1. The summed E-state index contributed by atoms with van der Waals surface area (Å²) in [5, 5.41) is 4.07. The number of hydrogen-bond donors (Lipinski definition) is 1. The number of nitrogens with zero attached hydrogens (tertiary/aromatic N) is 1. The normalized spacial score (nSPS) is 12.4. The summed E-state index contributed by atoms with van der Waals surface area (Å²) < 4.78 is 26.1. The number of rotatable bonds is 10. The Kier molecular flexibility index (Phi) is 9.34. The number of amides is 1. The molecule has 0 radical (unpaired) electrons. The van der Waals surface area contributed by atoms with Gasteiger partial charge in [-0.25, -0.2) is 8.42 Å². The van der Waals surface area contributed by atoms with Gasteiger partial charge in [0.25, 0.3) is 0 Å². The number of benzene rings is 2. The van der Waals surface area contributed by atoms with Crippen molar-refractivity contribution in [1.29, 1.82) is 0 Å². The molecule has 164 valence electrons. The van der Waals surface area contributed by atoms with Crippen molar-refractivity contribution in [3.05, 3.63) is 63.6 Å². The highest BCUT2D eigenvalue weighted by Gasteiger charge is 2.31. The van der Waals surface area contributed by atoms with E-state index in [-0.39, 0.29) is 5.91 Å². The second kappa shape index (κ2) is 11.3. The van der Waals surface area contributed by atoms with Gasteiger partial charge in [-0.1, -0.05) is 53.9 Å².